The summed E-state index contributed by atoms with van der Waals surface area (Å²) < 4.78 is 33.0. The first-order valence-electron chi connectivity index (χ1n) is 12.6. The van der Waals surface area contributed by atoms with Gasteiger partial charge in [-0.15, -0.1) is 0 Å². The molecular weight excluding hydrogens is 518 g/mol. The maximum Gasteiger partial charge on any atom is 0.408 e. The average molecular weight is 552 g/mol. The van der Waals surface area contributed by atoms with Crippen molar-refractivity contribution in [3.8, 4) is 11.1 Å². The van der Waals surface area contributed by atoms with Gasteiger partial charge in [-0.3, -0.25) is 9.59 Å². The maximum atomic E-state index is 12.8. The number of amides is 2. The Morgan fingerprint density at radius 2 is 1.46 bits per heavy atom. The molecule has 9 nitrogen and oxygen atoms in total. The minimum Gasteiger partial charge on any atom is -0.445 e. The molecule has 0 fully saturated rings. The summed E-state index contributed by atoms with van der Waals surface area (Å²) in [4.78, 5) is 37.4. The third-order valence-corrected chi connectivity index (χ3v) is 7.10. The highest BCUT2D eigenvalue weighted by molar-refractivity contribution is 7.89. The number of ether oxygens (including phenoxy) is 1. The van der Waals surface area contributed by atoms with Gasteiger partial charge in [0.2, 0.25) is 15.9 Å². The van der Waals surface area contributed by atoms with E-state index in [2.05, 4.69) is 15.4 Å². The topological polar surface area (TPSA) is 131 Å². The van der Waals surface area contributed by atoms with Crippen LogP contribution in [-0.2, 0) is 31.0 Å². The molecule has 3 rings (SSSR count). The van der Waals surface area contributed by atoms with Gasteiger partial charge in [-0.25, -0.2) is 17.9 Å². The Balaban J connectivity index is 1.50. The van der Waals surface area contributed by atoms with Crippen LogP contribution in [0.5, 0.6) is 0 Å². The van der Waals surface area contributed by atoms with Gasteiger partial charge in [0.05, 0.1) is 18.0 Å². The first-order chi connectivity index (χ1) is 18.6. The van der Waals surface area contributed by atoms with Crippen LogP contribution in [0, 0.1) is 5.92 Å². The van der Waals surface area contributed by atoms with E-state index in [1.54, 1.807) is 12.1 Å². The zero-order chi connectivity index (χ0) is 28.3. The molecule has 3 aromatic rings. The summed E-state index contributed by atoms with van der Waals surface area (Å²) in [6.07, 6.45) is -0.429. The number of rotatable bonds is 13. The van der Waals surface area contributed by atoms with Gasteiger partial charge in [0.1, 0.15) is 12.6 Å². The zero-order valence-electron chi connectivity index (χ0n) is 21.9. The molecule has 0 radical (unpaired) electrons. The molecule has 1 atom stereocenters. The van der Waals surface area contributed by atoms with Crippen molar-refractivity contribution >= 4 is 27.8 Å². The summed E-state index contributed by atoms with van der Waals surface area (Å²) in [5, 5.41) is 5.02. The summed E-state index contributed by atoms with van der Waals surface area (Å²) in [5.74, 6) is -1.03. The van der Waals surface area contributed by atoms with Crippen molar-refractivity contribution in [2.75, 3.05) is 13.1 Å². The molecule has 206 valence electrons. The second-order valence-electron chi connectivity index (χ2n) is 9.36. The third kappa shape index (κ3) is 9.66. The Kier molecular flexibility index (Phi) is 10.8. The van der Waals surface area contributed by atoms with E-state index in [0.717, 1.165) is 16.7 Å². The standard InChI is InChI=1S/C29H33N3O6S/c1-21(2)16-27(32-29(35)38-20-22-10-5-3-6-11-22)28(34)30-18-25(33)19-31-39(36,37)26-15-9-14-24(17-26)23-12-7-4-8-13-23/h3-15,17,21,27,31H,16,18-20H2,1-2H3,(H,30,34)(H,32,35)/t27-/m0/s1. The Morgan fingerprint density at radius 1 is 0.821 bits per heavy atom. The van der Waals surface area contributed by atoms with Crippen LogP contribution in [0.3, 0.4) is 0 Å². The molecule has 3 N–H and O–H groups in total. The molecule has 0 spiro atoms. The van der Waals surface area contributed by atoms with Crippen molar-refractivity contribution in [3.63, 3.8) is 0 Å². The van der Waals surface area contributed by atoms with Gasteiger partial charge in [0.15, 0.2) is 5.78 Å². The fourth-order valence-electron chi connectivity index (χ4n) is 3.71. The first kappa shape index (κ1) is 29.5. The van der Waals surface area contributed by atoms with E-state index in [1.807, 2.05) is 74.5 Å². The predicted octanol–water partition coefficient (Wildman–Crippen LogP) is 3.66. The monoisotopic (exact) mass is 551 g/mol. The van der Waals surface area contributed by atoms with Crippen molar-refractivity contribution in [1.82, 2.24) is 15.4 Å². The lowest BCUT2D eigenvalue weighted by atomic mass is 10.0. The lowest BCUT2D eigenvalue weighted by Crippen LogP contribution is -2.49. The average Bonchev–Trinajstić information content (AvgIpc) is 2.94. The second kappa shape index (κ2) is 14.2. The van der Waals surface area contributed by atoms with Crippen LogP contribution >= 0.6 is 0 Å². The number of Topliss-reactive ketones (excluding diaryl/α,β-unsaturated/α-hetero) is 1. The fraction of sp³-hybridized carbons (Fsp3) is 0.276. The van der Waals surface area contributed by atoms with E-state index >= 15 is 0 Å². The molecule has 2 amide bonds. The number of hydrogen-bond acceptors (Lipinski definition) is 6. The van der Waals surface area contributed by atoms with Gasteiger partial charge in [0, 0.05) is 0 Å². The highest BCUT2D eigenvalue weighted by atomic mass is 32.2. The molecule has 3 aromatic carbocycles. The van der Waals surface area contributed by atoms with E-state index in [4.69, 9.17) is 4.74 Å². The number of sulfonamides is 1. The number of carbonyl (C=O) groups is 3. The minimum absolute atomic E-state index is 0.0240. The van der Waals surface area contributed by atoms with Crippen LogP contribution in [-0.4, -0.2) is 45.3 Å². The van der Waals surface area contributed by atoms with Crippen LogP contribution < -0.4 is 15.4 Å². The molecule has 0 bridgehead atoms. The second-order valence-corrected chi connectivity index (χ2v) is 11.1. The third-order valence-electron chi connectivity index (χ3n) is 5.70. The number of nitrogens with one attached hydrogen (secondary N) is 3. The smallest absolute Gasteiger partial charge is 0.408 e. The lowest BCUT2D eigenvalue weighted by molar-refractivity contribution is -0.126. The van der Waals surface area contributed by atoms with Crippen LogP contribution in [0.1, 0.15) is 25.8 Å². The molecule has 39 heavy (non-hydrogen) atoms. The van der Waals surface area contributed by atoms with E-state index in [-0.39, 0.29) is 17.4 Å². The van der Waals surface area contributed by atoms with Crippen LogP contribution in [0.4, 0.5) is 4.79 Å². The van der Waals surface area contributed by atoms with E-state index in [9.17, 15) is 22.8 Å². The Morgan fingerprint density at radius 3 is 2.13 bits per heavy atom. The Hall–Kier alpha value is -4.02. The van der Waals surface area contributed by atoms with Crippen LogP contribution in [0.25, 0.3) is 11.1 Å². The van der Waals surface area contributed by atoms with Gasteiger partial charge in [-0.1, -0.05) is 86.6 Å². The maximum absolute atomic E-state index is 12.8. The summed E-state index contributed by atoms with van der Waals surface area (Å²) >= 11 is 0. The van der Waals surface area contributed by atoms with Gasteiger partial charge < -0.3 is 15.4 Å². The lowest BCUT2D eigenvalue weighted by Gasteiger charge is -2.20. The molecule has 0 saturated heterocycles. The zero-order valence-corrected chi connectivity index (χ0v) is 22.7. The van der Waals surface area contributed by atoms with E-state index < -0.39 is 46.9 Å². The fourth-order valence-corrected chi connectivity index (χ4v) is 4.77. The SMILES string of the molecule is CC(C)C[C@H](NC(=O)OCc1ccccc1)C(=O)NCC(=O)CNS(=O)(=O)c1cccc(-c2ccccc2)c1. The first-order valence-corrected chi connectivity index (χ1v) is 14.0. The van der Waals surface area contributed by atoms with Crippen molar-refractivity contribution in [3.05, 3.63) is 90.5 Å². The van der Waals surface area contributed by atoms with E-state index in [0.29, 0.717) is 6.42 Å². The quantitative estimate of drug-likeness (QED) is 0.297. The number of hydrogen-bond donors (Lipinski definition) is 3. The summed E-state index contributed by atoms with van der Waals surface area (Å²) in [7, 11) is -3.96. The molecular formula is C29H33N3O6S. The largest absolute Gasteiger partial charge is 0.445 e. The Bertz CT molecular complexity index is 1360. The van der Waals surface area contributed by atoms with Gasteiger partial charge in [0.25, 0.3) is 0 Å². The number of alkyl carbamates (subject to hydrolysis) is 1. The van der Waals surface area contributed by atoms with Gasteiger partial charge in [-0.2, -0.15) is 0 Å². The molecule has 0 saturated carbocycles. The molecule has 0 aliphatic carbocycles. The van der Waals surface area contributed by atoms with Crippen molar-refractivity contribution < 1.29 is 27.5 Å². The number of ketones is 1. The van der Waals surface area contributed by atoms with Crippen molar-refractivity contribution in [2.24, 2.45) is 5.92 Å². The number of carbonyl (C=O) groups excluding carboxylic acids is 3. The highest BCUT2D eigenvalue weighted by Gasteiger charge is 2.23. The van der Waals surface area contributed by atoms with Crippen LogP contribution in [0.15, 0.2) is 89.8 Å². The predicted molar refractivity (Wildman–Crippen MR) is 148 cm³/mol. The van der Waals surface area contributed by atoms with Crippen LogP contribution in [0.2, 0.25) is 0 Å². The molecule has 10 heteroatoms. The minimum atomic E-state index is -3.96. The summed E-state index contributed by atoms with van der Waals surface area (Å²) in [6.45, 7) is 2.93. The highest BCUT2D eigenvalue weighted by Crippen LogP contribution is 2.22. The van der Waals surface area contributed by atoms with Crippen molar-refractivity contribution in [1.29, 1.82) is 0 Å². The molecule has 0 aliphatic rings. The van der Waals surface area contributed by atoms with Gasteiger partial charge >= 0.3 is 6.09 Å². The normalized spacial score (nSPS) is 12.0. The van der Waals surface area contributed by atoms with Gasteiger partial charge in [-0.05, 0) is 41.2 Å². The molecule has 0 heterocycles. The summed E-state index contributed by atoms with van der Waals surface area (Å²) in [5.41, 5.74) is 2.39. The van der Waals surface area contributed by atoms with Crippen molar-refractivity contribution in [2.45, 2.75) is 37.8 Å². The molecule has 0 aromatic heterocycles. The molecule has 0 unspecified atom stereocenters. The summed E-state index contributed by atoms with van der Waals surface area (Å²) in [6, 6.07) is 23.9. The number of benzene rings is 3. The molecule has 0 aliphatic heterocycles. The van der Waals surface area contributed by atoms with E-state index in [1.165, 1.54) is 12.1 Å². The Labute approximate surface area is 229 Å².